The Labute approximate surface area is 207 Å². The number of halogens is 1. The summed E-state index contributed by atoms with van der Waals surface area (Å²) in [7, 11) is 1.82. The molecule has 2 N–H and O–H groups in total. The number of hydrogen-bond acceptors (Lipinski definition) is 5. The number of hydrogen-bond donors (Lipinski definition) is 2. The summed E-state index contributed by atoms with van der Waals surface area (Å²) in [4.78, 5) is 21.1. The summed E-state index contributed by atoms with van der Waals surface area (Å²) in [5.74, 6) is -0.114. The van der Waals surface area contributed by atoms with Gasteiger partial charge in [0.2, 0.25) is 0 Å². The van der Waals surface area contributed by atoms with Crippen LogP contribution in [0.25, 0.3) is 27.7 Å². The second-order valence-electron chi connectivity index (χ2n) is 9.44. The van der Waals surface area contributed by atoms with Gasteiger partial charge in [-0.05, 0) is 29.8 Å². The number of nitrogens with zero attached hydrogens (tertiary/aromatic N) is 6. The third-order valence-electron chi connectivity index (χ3n) is 5.83. The van der Waals surface area contributed by atoms with Gasteiger partial charge >= 0.3 is 6.03 Å². The van der Waals surface area contributed by atoms with Gasteiger partial charge in [-0.2, -0.15) is 10.2 Å². The van der Waals surface area contributed by atoms with Crippen molar-refractivity contribution in [3.05, 3.63) is 78.9 Å². The molecular formula is C26H25FN8O. The smallest absolute Gasteiger partial charge is 0.305 e. The molecule has 0 aliphatic rings. The topological polar surface area (TPSA) is 103 Å². The Balaban J connectivity index is 1.40. The van der Waals surface area contributed by atoms with Gasteiger partial charge in [-0.25, -0.2) is 13.9 Å². The molecule has 0 radical (unpaired) electrons. The highest BCUT2D eigenvalue weighted by Crippen LogP contribution is 2.30. The van der Waals surface area contributed by atoms with E-state index in [9.17, 15) is 4.79 Å². The molecule has 36 heavy (non-hydrogen) atoms. The van der Waals surface area contributed by atoms with E-state index < -0.39 is 11.8 Å². The molecule has 0 aliphatic heterocycles. The van der Waals surface area contributed by atoms with Crippen molar-refractivity contribution in [1.29, 1.82) is 0 Å². The average molecular weight is 485 g/mol. The van der Waals surface area contributed by atoms with Crippen LogP contribution in [0.2, 0.25) is 0 Å². The van der Waals surface area contributed by atoms with Crippen LogP contribution in [-0.2, 0) is 12.5 Å². The van der Waals surface area contributed by atoms with Crippen molar-refractivity contribution < 1.29 is 9.18 Å². The van der Waals surface area contributed by atoms with Crippen LogP contribution in [0.3, 0.4) is 0 Å². The average Bonchev–Trinajstić information content (AvgIpc) is 3.45. The lowest BCUT2D eigenvalue weighted by Crippen LogP contribution is -2.22. The molecule has 2 amide bonds. The quantitative estimate of drug-likeness (QED) is 0.361. The summed E-state index contributed by atoms with van der Waals surface area (Å²) in [6.45, 7) is 6.11. The van der Waals surface area contributed by atoms with Gasteiger partial charge in [0.15, 0.2) is 0 Å². The van der Waals surface area contributed by atoms with Gasteiger partial charge in [0, 0.05) is 48.1 Å². The van der Waals surface area contributed by atoms with Crippen LogP contribution in [0, 0.1) is 5.82 Å². The van der Waals surface area contributed by atoms with Crippen LogP contribution < -0.4 is 10.6 Å². The maximum Gasteiger partial charge on any atom is 0.324 e. The number of fused-ring (bicyclic) bond motifs is 1. The SMILES string of the molecule is Cn1ncc2c(-c3ccc(NC(=O)Nc4cc(C(C)(C)C)nn4-c4ccncc4)c(F)c3)cncc21. The summed E-state index contributed by atoms with van der Waals surface area (Å²) >= 11 is 0. The van der Waals surface area contributed by atoms with E-state index in [2.05, 4.69) is 30.8 Å². The van der Waals surface area contributed by atoms with Crippen molar-refractivity contribution in [2.45, 2.75) is 26.2 Å². The highest BCUT2D eigenvalue weighted by Gasteiger charge is 2.22. The third-order valence-corrected chi connectivity index (χ3v) is 5.83. The van der Waals surface area contributed by atoms with Gasteiger partial charge in [-0.3, -0.25) is 20.0 Å². The summed E-state index contributed by atoms with van der Waals surface area (Å²) in [5, 5.41) is 15.2. The van der Waals surface area contributed by atoms with Crippen molar-refractivity contribution in [1.82, 2.24) is 29.5 Å². The summed E-state index contributed by atoms with van der Waals surface area (Å²) in [6, 6.07) is 9.44. The molecule has 0 saturated heterocycles. The van der Waals surface area contributed by atoms with Crippen LogP contribution in [0.15, 0.2) is 67.4 Å². The Morgan fingerprint density at radius 3 is 2.47 bits per heavy atom. The minimum Gasteiger partial charge on any atom is -0.305 e. The first kappa shape index (κ1) is 23.2. The van der Waals surface area contributed by atoms with E-state index in [4.69, 9.17) is 0 Å². The molecule has 0 saturated carbocycles. The molecule has 0 fully saturated rings. The van der Waals surface area contributed by atoms with Crippen molar-refractivity contribution in [2.75, 3.05) is 10.6 Å². The predicted octanol–water partition coefficient (Wildman–Crippen LogP) is 5.30. The predicted molar refractivity (Wildman–Crippen MR) is 137 cm³/mol. The number of amides is 2. The van der Waals surface area contributed by atoms with Gasteiger partial charge in [0.05, 0.1) is 35.0 Å². The molecule has 0 spiro atoms. The maximum absolute atomic E-state index is 15.0. The molecule has 9 nitrogen and oxygen atoms in total. The first-order chi connectivity index (χ1) is 17.2. The maximum atomic E-state index is 15.0. The van der Waals surface area contributed by atoms with Crippen LogP contribution in [0.1, 0.15) is 26.5 Å². The van der Waals surface area contributed by atoms with Crippen molar-refractivity contribution in [3.63, 3.8) is 0 Å². The molecule has 0 aliphatic carbocycles. The number of nitrogens with one attached hydrogen (secondary N) is 2. The number of benzene rings is 1. The molecule has 0 unspecified atom stereocenters. The Morgan fingerprint density at radius 2 is 1.75 bits per heavy atom. The molecule has 0 atom stereocenters. The monoisotopic (exact) mass is 484 g/mol. The number of pyridine rings is 2. The van der Waals surface area contributed by atoms with Crippen LogP contribution in [-0.4, -0.2) is 35.6 Å². The molecule has 182 valence electrons. The Morgan fingerprint density at radius 1 is 0.972 bits per heavy atom. The van der Waals surface area contributed by atoms with Crippen LogP contribution >= 0.6 is 0 Å². The van der Waals surface area contributed by atoms with Crippen molar-refractivity contribution >= 4 is 28.4 Å². The van der Waals surface area contributed by atoms with Crippen molar-refractivity contribution in [2.24, 2.45) is 7.05 Å². The lowest BCUT2D eigenvalue weighted by Gasteiger charge is -2.14. The van der Waals surface area contributed by atoms with Gasteiger partial charge in [0.1, 0.15) is 11.6 Å². The van der Waals surface area contributed by atoms with E-state index in [1.807, 2.05) is 27.8 Å². The number of urea groups is 1. The molecule has 1 aromatic carbocycles. The minimum absolute atomic E-state index is 0.0496. The van der Waals surface area contributed by atoms with E-state index in [0.29, 0.717) is 11.4 Å². The Hall–Kier alpha value is -4.60. The summed E-state index contributed by atoms with van der Waals surface area (Å²) in [6.07, 6.45) is 8.41. The van der Waals surface area contributed by atoms with E-state index in [1.54, 1.807) is 64.6 Å². The molecular weight excluding hydrogens is 459 g/mol. The van der Waals surface area contributed by atoms with Gasteiger partial charge in [-0.1, -0.05) is 26.8 Å². The molecule has 5 rings (SSSR count). The zero-order valence-corrected chi connectivity index (χ0v) is 20.3. The normalized spacial score (nSPS) is 11.6. The molecule has 4 aromatic heterocycles. The zero-order valence-electron chi connectivity index (χ0n) is 20.3. The first-order valence-electron chi connectivity index (χ1n) is 11.4. The molecule has 5 aromatic rings. The number of anilines is 2. The Kier molecular flexibility index (Phi) is 5.71. The number of aromatic nitrogens is 6. The third kappa shape index (κ3) is 4.40. The van der Waals surface area contributed by atoms with Crippen molar-refractivity contribution in [3.8, 4) is 16.8 Å². The highest BCUT2D eigenvalue weighted by atomic mass is 19.1. The summed E-state index contributed by atoms with van der Waals surface area (Å²) in [5.41, 5.74) is 3.58. The van der Waals surface area contributed by atoms with Crippen LogP contribution in [0.4, 0.5) is 20.7 Å². The lowest BCUT2D eigenvalue weighted by molar-refractivity contribution is 0.262. The highest BCUT2D eigenvalue weighted by molar-refractivity contribution is 6.00. The number of aryl methyl sites for hydroxylation is 1. The minimum atomic E-state index is -0.589. The van der Waals surface area contributed by atoms with E-state index in [0.717, 1.165) is 27.8 Å². The zero-order chi connectivity index (χ0) is 25.4. The molecule has 0 bridgehead atoms. The molecule has 10 heteroatoms. The summed E-state index contributed by atoms with van der Waals surface area (Å²) < 4.78 is 18.4. The van der Waals surface area contributed by atoms with E-state index in [-0.39, 0.29) is 11.1 Å². The second kappa shape index (κ2) is 8.88. The van der Waals surface area contributed by atoms with E-state index >= 15 is 4.39 Å². The van der Waals surface area contributed by atoms with Gasteiger partial charge in [0.25, 0.3) is 0 Å². The van der Waals surface area contributed by atoms with Gasteiger partial charge in [-0.15, -0.1) is 0 Å². The van der Waals surface area contributed by atoms with Gasteiger partial charge < -0.3 is 5.32 Å². The van der Waals surface area contributed by atoms with E-state index in [1.165, 1.54) is 12.1 Å². The fourth-order valence-corrected chi connectivity index (χ4v) is 3.86. The second-order valence-corrected chi connectivity index (χ2v) is 9.44. The fraction of sp³-hybridized carbons (Fsp3) is 0.192. The number of rotatable bonds is 4. The lowest BCUT2D eigenvalue weighted by atomic mass is 9.92. The standard InChI is InChI=1S/C26H25FN8O/c1-26(2,3)23-12-24(35(33-23)17-7-9-28-10-8-17)32-25(36)31-21-6-5-16(11-20(21)27)18-13-29-15-22-19(18)14-30-34(22)4/h5-15H,1-4H3,(H2,31,32,36). The molecule has 4 heterocycles. The fourth-order valence-electron chi connectivity index (χ4n) is 3.86. The number of carbonyl (C=O) groups excluding carboxylic acids is 1. The first-order valence-corrected chi connectivity index (χ1v) is 11.4. The van der Waals surface area contributed by atoms with Crippen LogP contribution in [0.5, 0.6) is 0 Å². The number of carbonyl (C=O) groups is 1. The Bertz CT molecular complexity index is 1570. The largest absolute Gasteiger partial charge is 0.324 e.